The summed E-state index contributed by atoms with van der Waals surface area (Å²) in [6.07, 6.45) is 2.47. The highest BCUT2D eigenvalue weighted by atomic mass is 16.1. The summed E-state index contributed by atoms with van der Waals surface area (Å²) in [5, 5.41) is 0. The van der Waals surface area contributed by atoms with Gasteiger partial charge in [-0.25, -0.2) is 0 Å². The van der Waals surface area contributed by atoms with Crippen LogP contribution in [-0.4, -0.2) is 11.3 Å². The van der Waals surface area contributed by atoms with Crippen molar-refractivity contribution in [2.45, 2.75) is 0 Å². The Morgan fingerprint density at radius 3 is 2.67 bits per heavy atom. The first-order chi connectivity index (χ1) is 7.33. The van der Waals surface area contributed by atoms with E-state index in [4.69, 9.17) is 5.73 Å². The molecule has 2 rings (SSSR count). The quantitative estimate of drug-likeness (QED) is 0.752. The van der Waals surface area contributed by atoms with Gasteiger partial charge in [0.15, 0.2) is 6.29 Å². The number of benzene rings is 1. The summed E-state index contributed by atoms with van der Waals surface area (Å²) in [4.78, 5) is 15.0. The summed E-state index contributed by atoms with van der Waals surface area (Å²) in [5.74, 6) is 0. The van der Waals surface area contributed by atoms with Crippen LogP contribution in [0.1, 0.15) is 10.4 Å². The van der Waals surface area contributed by atoms with Crippen LogP contribution in [0.15, 0.2) is 42.6 Å². The Labute approximate surface area is 87.6 Å². The molecule has 2 aromatic rings. The van der Waals surface area contributed by atoms with Crippen LogP contribution in [-0.2, 0) is 0 Å². The molecule has 0 aliphatic rings. The van der Waals surface area contributed by atoms with Gasteiger partial charge in [-0.3, -0.25) is 9.78 Å². The molecule has 0 radical (unpaired) electrons. The van der Waals surface area contributed by atoms with Gasteiger partial charge in [0.25, 0.3) is 0 Å². The lowest BCUT2D eigenvalue weighted by Gasteiger charge is -2.05. The lowest BCUT2D eigenvalue weighted by molar-refractivity contribution is 0.112. The van der Waals surface area contributed by atoms with E-state index in [9.17, 15) is 4.79 Å². The summed E-state index contributed by atoms with van der Waals surface area (Å²) in [7, 11) is 0. The molecule has 2 N–H and O–H groups in total. The second kappa shape index (κ2) is 3.92. The van der Waals surface area contributed by atoms with Gasteiger partial charge in [-0.15, -0.1) is 0 Å². The van der Waals surface area contributed by atoms with Gasteiger partial charge in [0, 0.05) is 17.3 Å². The Hall–Kier alpha value is -2.16. The van der Waals surface area contributed by atoms with E-state index in [1.54, 1.807) is 24.4 Å². The highest BCUT2D eigenvalue weighted by molar-refractivity contribution is 5.89. The van der Waals surface area contributed by atoms with Crippen molar-refractivity contribution >= 4 is 12.0 Å². The van der Waals surface area contributed by atoms with Crippen molar-refractivity contribution in [1.82, 2.24) is 4.98 Å². The topological polar surface area (TPSA) is 56.0 Å². The number of carbonyl (C=O) groups is 1. The zero-order valence-corrected chi connectivity index (χ0v) is 8.05. The van der Waals surface area contributed by atoms with E-state index in [0.29, 0.717) is 16.9 Å². The minimum Gasteiger partial charge on any atom is -0.397 e. The Morgan fingerprint density at radius 1 is 1.13 bits per heavy atom. The number of nitrogen functional groups attached to an aromatic ring is 1. The first-order valence-corrected chi connectivity index (χ1v) is 4.58. The first kappa shape index (κ1) is 9.40. The van der Waals surface area contributed by atoms with Crippen molar-refractivity contribution in [3.05, 3.63) is 48.2 Å². The van der Waals surface area contributed by atoms with Gasteiger partial charge in [-0.1, -0.05) is 24.3 Å². The zero-order chi connectivity index (χ0) is 10.7. The number of rotatable bonds is 2. The van der Waals surface area contributed by atoms with Crippen LogP contribution in [0, 0.1) is 0 Å². The number of aromatic nitrogens is 1. The molecule has 0 saturated carbocycles. The third-order valence-corrected chi connectivity index (χ3v) is 2.18. The number of nitrogens with zero attached hydrogens (tertiary/aromatic N) is 1. The van der Waals surface area contributed by atoms with Crippen molar-refractivity contribution < 1.29 is 4.79 Å². The predicted molar refractivity (Wildman–Crippen MR) is 59.5 cm³/mol. The first-order valence-electron chi connectivity index (χ1n) is 4.58. The number of hydrogen-bond acceptors (Lipinski definition) is 3. The molecular weight excluding hydrogens is 188 g/mol. The van der Waals surface area contributed by atoms with E-state index in [2.05, 4.69) is 4.98 Å². The van der Waals surface area contributed by atoms with E-state index in [1.807, 2.05) is 18.2 Å². The summed E-state index contributed by atoms with van der Waals surface area (Å²) in [6, 6.07) is 10.8. The average Bonchev–Trinajstić information content (AvgIpc) is 2.30. The summed E-state index contributed by atoms with van der Waals surface area (Å²) in [5.41, 5.74) is 8.40. The number of carbonyl (C=O) groups excluding carboxylic acids is 1. The smallest absolute Gasteiger partial charge is 0.150 e. The van der Waals surface area contributed by atoms with E-state index in [-0.39, 0.29) is 0 Å². The van der Waals surface area contributed by atoms with Crippen LogP contribution in [0.2, 0.25) is 0 Å². The van der Waals surface area contributed by atoms with Crippen LogP contribution >= 0.6 is 0 Å². The second-order valence-electron chi connectivity index (χ2n) is 3.15. The minimum absolute atomic E-state index is 0.576. The molecule has 74 valence electrons. The number of hydrogen-bond donors (Lipinski definition) is 1. The highest BCUT2D eigenvalue weighted by Gasteiger charge is 2.07. The molecule has 0 saturated heterocycles. The standard InChI is InChI=1S/C12H10N2O/c13-11-6-3-7-14-12(11)10-5-2-1-4-9(10)8-15/h1-8H,13H2. The maximum atomic E-state index is 10.8. The molecule has 0 bridgehead atoms. The molecule has 0 fully saturated rings. The van der Waals surface area contributed by atoms with Crippen molar-refractivity contribution in [2.75, 3.05) is 5.73 Å². The monoisotopic (exact) mass is 198 g/mol. The lowest BCUT2D eigenvalue weighted by Crippen LogP contribution is -1.95. The summed E-state index contributed by atoms with van der Waals surface area (Å²) in [6.45, 7) is 0. The Morgan fingerprint density at radius 2 is 1.93 bits per heavy atom. The van der Waals surface area contributed by atoms with Crippen LogP contribution < -0.4 is 5.73 Å². The number of anilines is 1. The molecular formula is C12H10N2O. The number of pyridine rings is 1. The molecule has 15 heavy (non-hydrogen) atoms. The fourth-order valence-corrected chi connectivity index (χ4v) is 1.46. The van der Waals surface area contributed by atoms with Gasteiger partial charge in [-0.05, 0) is 12.1 Å². The van der Waals surface area contributed by atoms with Crippen molar-refractivity contribution in [3.8, 4) is 11.3 Å². The second-order valence-corrected chi connectivity index (χ2v) is 3.15. The van der Waals surface area contributed by atoms with E-state index >= 15 is 0 Å². The Bertz CT molecular complexity index is 494. The molecule has 0 spiro atoms. The van der Waals surface area contributed by atoms with Crippen LogP contribution in [0.5, 0.6) is 0 Å². The van der Waals surface area contributed by atoms with Gasteiger partial charge in [-0.2, -0.15) is 0 Å². The fourth-order valence-electron chi connectivity index (χ4n) is 1.46. The van der Waals surface area contributed by atoms with E-state index < -0.39 is 0 Å². The maximum Gasteiger partial charge on any atom is 0.150 e. The molecule has 1 aromatic carbocycles. The molecule has 0 aliphatic heterocycles. The predicted octanol–water partition coefficient (Wildman–Crippen LogP) is 2.14. The number of nitrogens with two attached hydrogens (primary N) is 1. The van der Waals surface area contributed by atoms with Crippen LogP contribution in [0.25, 0.3) is 11.3 Å². The van der Waals surface area contributed by atoms with E-state index in [0.717, 1.165) is 11.8 Å². The maximum absolute atomic E-state index is 10.8. The van der Waals surface area contributed by atoms with Crippen LogP contribution in [0.3, 0.4) is 0 Å². The average molecular weight is 198 g/mol. The molecule has 3 heteroatoms. The third-order valence-electron chi connectivity index (χ3n) is 2.18. The largest absolute Gasteiger partial charge is 0.397 e. The molecule has 1 aromatic heterocycles. The van der Waals surface area contributed by atoms with E-state index in [1.165, 1.54) is 0 Å². The zero-order valence-electron chi connectivity index (χ0n) is 8.05. The SMILES string of the molecule is Nc1cccnc1-c1ccccc1C=O. The van der Waals surface area contributed by atoms with Crippen LogP contribution in [0.4, 0.5) is 5.69 Å². The van der Waals surface area contributed by atoms with Crippen molar-refractivity contribution in [2.24, 2.45) is 0 Å². The summed E-state index contributed by atoms with van der Waals surface area (Å²) < 4.78 is 0. The van der Waals surface area contributed by atoms with Gasteiger partial charge in [0.2, 0.25) is 0 Å². The normalized spacial score (nSPS) is 9.87. The lowest BCUT2D eigenvalue weighted by atomic mass is 10.0. The number of aldehydes is 1. The van der Waals surface area contributed by atoms with Crippen molar-refractivity contribution in [3.63, 3.8) is 0 Å². The highest BCUT2D eigenvalue weighted by Crippen LogP contribution is 2.25. The van der Waals surface area contributed by atoms with Gasteiger partial charge in [0.1, 0.15) is 0 Å². The third kappa shape index (κ3) is 1.72. The molecule has 0 aliphatic carbocycles. The fraction of sp³-hybridized carbons (Fsp3) is 0. The molecule has 3 nitrogen and oxygen atoms in total. The minimum atomic E-state index is 0.576. The molecule has 0 atom stereocenters. The Kier molecular flexibility index (Phi) is 2.46. The molecule has 0 amide bonds. The van der Waals surface area contributed by atoms with Gasteiger partial charge >= 0.3 is 0 Å². The molecule has 0 unspecified atom stereocenters. The van der Waals surface area contributed by atoms with Crippen molar-refractivity contribution in [1.29, 1.82) is 0 Å². The Balaban J connectivity index is 2.64. The van der Waals surface area contributed by atoms with Gasteiger partial charge in [0.05, 0.1) is 11.4 Å². The van der Waals surface area contributed by atoms with Gasteiger partial charge < -0.3 is 5.73 Å². The summed E-state index contributed by atoms with van der Waals surface area (Å²) >= 11 is 0. The molecule has 1 heterocycles.